The van der Waals surface area contributed by atoms with Crippen molar-refractivity contribution in [1.82, 2.24) is 5.32 Å². The smallest absolute Gasteiger partial charge is 0.308 e. The number of thiophene rings is 2. The molecule has 0 fully saturated rings. The van der Waals surface area contributed by atoms with E-state index in [2.05, 4.69) is 29.1 Å². The molecule has 18 heavy (non-hydrogen) atoms. The van der Waals surface area contributed by atoms with E-state index in [1.54, 1.807) is 22.7 Å². The summed E-state index contributed by atoms with van der Waals surface area (Å²) in [5.74, 6) is -0.775. The van der Waals surface area contributed by atoms with Crippen LogP contribution in [0, 0.1) is 0 Å². The fourth-order valence-electron chi connectivity index (χ4n) is 1.65. The van der Waals surface area contributed by atoms with Crippen LogP contribution in [0.3, 0.4) is 0 Å². The van der Waals surface area contributed by atoms with Crippen molar-refractivity contribution in [3.05, 3.63) is 44.3 Å². The average Bonchev–Trinajstić information content (AvgIpc) is 2.95. The molecule has 2 N–H and O–H groups in total. The molecule has 1 atom stereocenters. The molecule has 0 aliphatic rings. The molecular weight excluding hydrogens is 266 g/mol. The van der Waals surface area contributed by atoms with Crippen LogP contribution in [0.25, 0.3) is 0 Å². The van der Waals surface area contributed by atoms with Gasteiger partial charge >= 0.3 is 5.97 Å². The van der Waals surface area contributed by atoms with E-state index >= 15 is 0 Å². The molecular formula is C13H15NO2S2. The fraction of sp³-hybridized carbons (Fsp3) is 0.308. The van der Waals surface area contributed by atoms with E-state index in [1.165, 1.54) is 10.4 Å². The second-order valence-corrected chi connectivity index (χ2v) is 6.13. The van der Waals surface area contributed by atoms with Gasteiger partial charge < -0.3 is 10.4 Å². The zero-order valence-corrected chi connectivity index (χ0v) is 11.7. The van der Waals surface area contributed by atoms with Crippen molar-refractivity contribution in [2.45, 2.75) is 25.9 Å². The molecule has 5 heteroatoms. The zero-order valence-electron chi connectivity index (χ0n) is 10.1. The van der Waals surface area contributed by atoms with Gasteiger partial charge in [-0.25, -0.2) is 0 Å². The molecule has 0 saturated carbocycles. The Balaban J connectivity index is 1.86. The Kier molecular flexibility index (Phi) is 4.52. The number of nitrogens with one attached hydrogen (secondary N) is 1. The molecule has 0 aliphatic heterocycles. The van der Waals surface area contributed by atoms with E-state index in [0.29, 0.717) is 6.04 Å². The van der Waals surface area contributed by atoms with Gasteiger partial charge in [-0.1, -0.05) is 0 Å². The summed E-state index contributed by atoms with van der Waals surface area (Å²) in [4.78, 5) is 12.7. The maximum Gasteiger partial charge on any atom is 0.308 e. The molecule has 0 bridgehead atoms. The molecule has 0 spiro atoms. The fourth-order valence-corrected chi connectivity index (χ4v) is 3.37. The first-order chi connectivity index (χ1) is 8.65. The second kappa shape index (κ2) is 6.13. The van der Waals surface area contributed by atoms with E-state index in [-0.39, 0.29) is 6.42 Å². The van der Waals surface area contributed by atoms with Crippen LogP contribution in [0.1, 0.15) is 28.3 Å². The van der Waals surface area contributed by atoms with E-state index in [9.17, 15) is 4.79 Å². The SMILES string of the molecule is CC(NCc1ccc(CC(=O)O)s1)c1ccsc1. The Morgan fingerprint density at radius 1 is 1.39 bits per heavy atom. The summed E-state index contributed by atoms with van der Waals surface area (Å²) in [6.45, 7) is 2.91. The minimum absolute atomic E-state index is 0.116. The molecule has 96 valence electrons. The summed E-state index contributed by atoms with van der Waals surface area (Å²) in [7, 11) is 0. The highest BCUT2D eigenvalue weighted by Gasteiger charge is 2.07. The van der Waals surface area contributed by atoms with Crippen molar-refractivity contribution >= 4 is 28.6 Å². The van der Waals surface area contributed by atoms with Crippen molar-refractivity contribution in [3.63, 3.8) is 0 Å². The number of hydrogen-bond acceptors (Lipinski definition) is 4. The molecule has 0 saturated heterocycles. The molecule has 1 unspecified atom stereocenters. The Bertz CT molecular complexity index is 505. The van der Waals surface area contributed by atoms with Crippen LogP contribution in [0.4, 0.5) is 0 Å². The summed E-state index contributed by atoms with van der Waals surface area (Å²) in [6, 6.07) is 6.33. The molecule has 0 aromatic carbocycles. The lowest BCUT2D eigenvalue weighted by molar-refractivity contribution is -0.136. The highest BCUT2D eigenvalue weighted by atomic mass is 32.1. The number of carboxylic acid groups (broad SMARTS) is 1. The Morgan fingerprint density at radius 3 is 2.83 bits per heavy atom. The van der Waals surface area contributed by atoms with E-state index in [4.69, 9.17) is 5.11 Å². The van der Waals surface area contributed by atoms with Crippen molar-refractivity contribution in [2.75, 3.05) is 0 Å². The van der Waals surface area contributed by atoms with Gasteiger partial charge in [0.05, 0.1) is 6.42 Å². The van der Waals surface area contributed by atoms with Crippen LogP contribution in [-0.2, 0) is 17.8 Å². The average molecular weight is 281 g/mol. The van der Waals surface area contributed by atoms with Gasteiger partial charge in [-0.3, -0.25) is 4.79 Å². The molecule has 2 rings (SSSR count). The normalized spacial score (nSPS) is 12.5. The number of aliphatic carboxylic acids is 1. The van der Waals surface area contributed by atoms with Crippen molar-refractivity contribution in [2.24, 2.45) is 0 Å². The molecule has 3 nitrogen and oxygen atoms in total. The molecule has 2 aromatic heterocycles. The first-order valence-electron chi connectivity index (χ1n) is 5.70. The van der Waals surface area contributed by atoms with Crippen molar-refractivity contribution in [3.8, 4) is 0 Å². The predicted octanol–water partition coefficient (Wildman–Crippen LogP) is 3.29. The van der Waals surface area contributed by atoms with Gasteiger partial charge in [0.2, 0.25) is 0 Å². The van der Waals surface area contributed by atoms with Crippen molar-refractivity contribution in [1.29, 1.82) is 0 Å². The second-order valence-electron chi connectivity index (χ2n) is 4.10. The number of hydrogen-bond donors (Lipinski definition) is 2. The van der Waals surface area contributed by atoms with Gasteiger partial charge in [0.1, 0.15) is 0 Å². The first-order valence-corrected chi connectivity index (χ1v) is 7.46. The zero-order chi connectivity index (χ0) is 13.0. The number of carboxylic acids is 1. The Hall–Kier alpha value is -1.17. The summed E-state index contributed by atoms with van der Waals surface area (Å²) in [5, 5.41) is 16.4. The van der Waals surface area contributed by atoms with Crippen LogP contribution >= 0.6 is 22.7 Å². The highest BCUT2D eigenvalue weighted by Crippen LogP contribution is 2.20. The van der Waals surface area contributed by atoms with Gasteiger partial charge in [0.15, 0.2) is 0 Å². The van der Waals surface area contributed by atoms with Crippen LogP contribution in [0.5, 0.6) is 0 Å². The summed E-state index contributed by atoms with van der Waals surface area (Å²) in [6.07, 6.45) is 0.116. The summed E-state index contributed by atoms with van der Waals surface area (Å²) in [5.41, 5.74) is 1.29. The third kappa shape index (κ3) is 3.66. The largest absolute Gasteiger partial charge is 0.481 e. The summed E-state index contributed by atoms with van der Waals surface area (Å²) >= 11 is 3.26. The molecule has 2 heterocycles. The quantitative estimate of drug-likeness (QED) is 0.854. The van der Waals surface area contributed by atoms with Gasteiger partial charge in [-0.2, -0.15) is 11.3 Å². The maximum atomic E-state index is 10.6. The van der Waals surface area contributed by atoms with E-state index in [1.807, 2.05) is 12.1 Å². The monoisotopic (exact) mass is 281 g/mol. The third-order valence-corrected chi connectivity index (χ3v) is 4.46. The lowest BCUT2D eigenvalue weighted by Gasteiger charge is -2.11. The lowest BCUT2D eigenvalue weighted by Crippen LogP contribution is -2.16. The van der Waals surface area contributed by atoms with Gasteiger partial charge in [-0.15, -0.1) is 11.3 Å². The van der Waals surface area contributed by atoms with Gasteiger partial charge in [0, 0.05) is 22.3 Å². The van der Waals surface area contributed by atoms with Gasteiger partial charge in [0.25, 0.3) is 0 Å². The van der Waals surface area contributed by atoms with Crippen molar-refractivity contribution < 1.29 is 9.90 Å². The van der Waals surface area contributed by atoms with Crippen LogP contribution in [-0.4, -0.2) is 11.1 Å². The standard InChI is InChI=1S/C13H15NO2S2/c1-9(10-4-5-17-8-10)14-7-12-3-2-11(18-12)6-13(15)16/h2-5,8-9,14H,6-7H2,1H3,(H,15,16). The first kappa shape index (κ1) is 13.3. The van der Waals surface area contributed by atoms with E-state index in [0.717, 1.165) is 11.4 Å². The minimum atomic E-state index is -0.775. The third-order valence-electron chi connectivity index (χ3n) is 2.67. The number of rotatable bonds is 6. The number of carbonyl (C=O) groups is 1. The molecule has 2 aromatic rings. The molecule has 0 amide bonds. The van der Waals surface area contributed by atoms with E-state index < -0.39 is 5.97 Å². The highest BCUT2D eigenvalue weighted by molar-refractivity contribution is 7.12. The van der Waals surface area contributed by atoms with Crippen LogP contribution in [0.15, 0.2) is 29.0 Å². The Labute approximate surface area is 114 Å². The van der Waals surface area contributed by atoms with Gasteiger partial charge in [-0.05, 0) is 41.4 Å². The predicted molar refractivity (Wildman–Crippen MR) is 75.2 cm³/mol. The summed E-state index contributed by atoms with van der Waals surface area (Å²) < 4.78 is 0. The maximum absolute atomic E-state index is 10.6. The Morgan fingerprint density at radius 2 is 2.17 bits per heavy atom. The lowest BCUT2D eigenvalue weighted by atomic mass is 10.2. The molecule has 0 aliphatic carbocycles. The topological polar surface area (TPSA) is 49.3 Å². The minimum Gasteiger partial charge on any atom is -0.481 e. The van der Waals surface area contributed by atoms with Crippen LogP contribution in [0.2, 0.25) is 0 Å². The van der Waals surface area contributed by atoms with Crippen LogP contribution < -0.4 is 5.32 Å². The molecule has 0 radical (unpaired) electrons.